The normalized spacial score (nSPS) is 14.4. The SMILES string of the molecule is COc1ccc(OC)c(C(=O)N2CCN(c3ccccn3)CC2)c1. The van der Waals surface area contributed by atoms with E-state index in [-0.39, 0.29) is 5.91 Å². The van der Waals surface area contributed by atoms with Crippen LogP contribution in [0.25, 0.3) is 0 Å². The highest BCUT2D eigenvalue weighted by Crippen LogP contribution is 2.26. The molecule has 1 aromatic carbocycles. The third kappa shape index (κ3) is 3.27. The van der Waals surface area contributed by atoms with E-state index in [1.807, 2.05) is 23.1 Å². The van der Waals surface area contributed by atoms with E-state index in [9.17, 15) is 4.79 Å². The van der Waals surface area contributed by atoms with Crippen LogP contribution in [-0.2, 0) is 0 Å². The van der Waals surface area contributed by atoms with Gasteiger partial charge in [0, 0.05) is 32.4 Å². The molecule has 0 spiro atoms. The Balaban J connectivity index is 1.71. The van der Waals surface area contributed by atoms with Crippen molar-refractivity contribution in [1.29, 1.82) is 0 Å². The van der Waals surface area contributed by atoms with Crippen molar-refractivity contribution in [3.8, 4) is 11.5 Å². The second-order valence-corrected chi connectivity index (χ2v) is 5.53. The first-order valence-electron chi connectivity index (χ1n) is 7.90. The Morgan fingerprint density at radius 3 is 2.46 bits per heavy atom. The zero-order valence-corrected chi connectivity index (χ0v) is 13.9. The average Bonchev–Trinajstić information content (AvgIpc) is 2.67. The van der Waals surface area contributed by atoms with Gasteiger partial charge in [-0.25, -0.2) is 4.98 Å². The van der Waals surface area contributed by atoms with E-state index in [0.717, 1.165) is 18.9 Å². The van der Waals surface area contributed by atoms with Gasteiger partial charge < -0.3 is 19.3 Å². The van der Waals surface area contributed by atoms with Crippen LogP contribution in [0.3, 0.4) is 0 Å². The van der Waals surface area contributed by atoms with Crippen molar-refractivity contribution in [2.24, 2.45) is 0 Å². The molecule has 1 saturated heterocycles. The maximum atomic E-state index is 12.8. The molecule has 24 heavy (non-hydrogen) atoms. The van der Waals surface area contributed by atoms with Gasteiger partial charge in [-0.1, -0.05) is 6.07 Å². The van der Waals surface area contributed by atoms with E-state index in [1.54, 1.807) is 38.6 Å². The van der Waals surface area contributed by atoms with Crippen LogP contribution in [0, 0.1) is 0 Å². The maximum Gasteiger partial charge on any atom is 0.257 e. The molecule has 3 rings (SSSR count). The molecule has 6 nitrogen and oxygen atoms in total. The highest BCUT2D eigenvalue weighted by Gasteiger charge is 2.25. The van der Waals surface area contributed by atoms with Crippen LogP contribution < -0.4 is 14.4 Å². The maximum absolute atomic E-state index is 12.8. The van der Waals surface area contributed by atoms with Gasteiger partial charge in [0.1, 0.15) is 17.3 Å². The number of nitrogens with zero attached hydrogens (tertiary/aromatic N) is 3. The molecule has 2 heterocycles. The Labute approximate surface area is 141 Å². The molecule has 1 aromatic heterocycles. The molecule has 0 bridgehead atoms. The summed E-state index contributed by atoms with van der Waals surface area (Å²) in [6.45, 7) is 2.82. The lowest BCUT2D eigenvalue weighted by molar-refractivity contribution is 0.0742. The molecule has 0 atom stereocenters. The van der Waals surface area contributed by atoms with Gasteiger partial charge in [-0.05, 0) is 30.3 Å². The lowest BCUT2D eigenvalue weighted by atomic mass is 10.1. The Hall–Kier alpha value is -2.76. The largest absolute Gasteiger partial charge is 0.497 e. The summed E-state index contributed by atoms with van der Waals surface area (Å²) >= 11 is 0. The van der Waals surface area contributed by atoms with Crippen LogP contribution >= 0.6 is 0 Å². The number of ether oxygens (including phenoxy) is 2. The number of piperazine rings is 1. The zero-order valence-electron chi connectivity index (χ0n) is 13.9. The average molecular weight is 327 g/mol. The van der Waals surface area contributed by atoms with Crippen LogP contribution in [0.2, 0.25) is 0 Å². The lowest BCUT2D eigenvalue weighted by Gasteiger charge is -2.35. The highest BCUT2D eigenvalue weighted by atomic mass is 16.5. The van der Waals surface area contributed by atoms with Gasteiger partial charge in [0.2, 0.25) is 0 Å². The first-order valence-corrected chi connectivity index (χ1v) is 7.90. The molecule has 2 aromatic rings. The summed E-state index contributed by atoms with van der Waals surface area (Å²) in [6, 6.07) is 11.1. The first kappa shape index (κ1) is 16.1. The smallest absolute Gasteiger partial charge is 0.257 e. The third-order valence-corrected chi connectivity index (χ3v) is 4.18. The van der Waals surface area contributed by atoms with Crippen molar-refractivity contribution in [2.45, 2.75) is 0 Å². The molecular weight excluding hydrogens is 306 g/mol. The molecule has 1 amide bonds. The Morgan fingerprint density at radius 1 is 1.04 bits per heavy atom. The van der Waals surface area contributed by atoms with Gasteiger partial charge in [-0.3, -0.25) is 4.79 Å². The fourth-order valence-corrected chi connectivity index (χ4v) is 2.83. The van der Waals surface area contributed by atoms with E-state index >= 15 is 0 Å². The molecule has 0 radical (unpaired) electrons. The minimum absolute atomic E-state index is 0.0357. The number of rotatable bonds is 4. The molecule has 0 saturated carbocycles. The quantitative estimate of drug-likeness (QED) is 0.860. The number of carbonyl (C=O) groups is 1. The summed E-state index contributed by atoms with van der Waals surface area (Å²) in [5, 5.41) is 0. The topological polar surface area (TPSA) is 54.9 Å². The zero-order chi connectivity index (χ0) is 16.9. The minimum Gasteiger partial charge on any atom is -0.497 e. The number of pyridine rings is 1. The number of carbonyl (C=O) groups excluding carboxylic acids is 1. The molecule has 1 fully saturated rings. The summed E-state index contributed by atoms with van der Waals surface area (Å²) < 4.78 is 10.5. The van der Waals surface area contributed by atoms with E-state index < -0.39 is 0 Å². The summed E-state index contributed by atoms with van der Waals surface area (Å²) in [7, 11) is 3.15. The Bertz CT molecular complexity index is 698. The van der Waals surface area contributed by atoms with Crippen LogP contribution in [0.5, 0.6) is 11.5 Å². The number of methoxy groups -OCH3 is 2. The predicted molar refractivity (Wildman–Crippen MR) is 91.9 cm³/mol. The second kappa shape index (κ2) is 7.21. The molecule has 126 valence electrons. The highest BCUT2D eigenvalue weighted by molar-refractivity contribution is 5.97. The molecule has 1 aliphatic rings. The standard InChI is InChI=1S/C18H21N3O3/c1-23-14-6-7-16(24-2)15(13-14)18(22)21-11-9-20(10-12-21)17-5-3-4-8-19-17/h3-8,13H,9-12H2,1-2H3. The van der Waals surface area contributed by atoms with Gasteiger partial charge in [0.15, 0.2) is 0 Å². The summed E-state index contributed by atoms with van der Waals surface area (Å²) in [5.41, 5.74) is 0.531. The molecule has 0 N–H and O–H groups in total. The number of hydrogen-bond acceptors (Lipinski definition) is 5. The number of benzene rings is 1. The lowest BCUT2D eigenvalue weighted by Crippen LogP contribution is -2.49. The number of aromatic nitrogens is 1. The summed E-state index contributed by atoms with van der Waals surface area (Å²) in [5.74, 6) is 2.12. The van der Waals surface area contributed by atoms with Gasteiger partial charge in [-0.15, -0.1) is 0 Å². The minimum atomic E-state index is -0.0357. The van der Waals surface area contributed by atoms with Crippen molar-refractivity contribution in [1.82, 2.24) is 9.88 Å². The summed E-state index contributed by atoms with van der Waals surface area (Å²) in [6.07, 6.45) is 1.79. The van der Waals surface area contributed by atoms with Crippen molar-refractivity contribution in [2.75, 3.05) is 45.3 Å². The van der Waals surface area contributed by atoms with Gasteiger partial charge in [-0.2, -0.15) is 0 Å². The van der Waals surface area contributed by atoms with Crippen molar-refractivity contribution in [3.05, 3.63) is 48.2 Å². The van der Waals surface area contributed by atoms with Gasteiger partial charge >= 0.3 is 0 Å². The summed E-state index contributed by atoms with van der Waals surface area (Å²) in [4.78, 5) is 21.2. The van der Waals surface area contributed by atoms with Crippen LogP contribution in [0.4, 0.5) is 5.82 Å². The van der Waals surface area contributed by atoms with Crippen molar-refractivity contribution in [3.63, 3.8) is 0 Å². The number of hydrogen-bond donors (Lipinski definition) is 0. The van der Waals surface area contributed by atoms with Crippen LogP contribution in [-0.4, -0.2) is 56.2 Å². The van der Waals surface area contributed by atoms with Gasteiger partial charge in [0.25, 0.3) is 5.91 Å². The van der Waals surface area contributed by atoms with Crippen molar-refractivity contribution < 1.29 is 14.3 Å². The van der Waals surface area contributed by atoms with Gasteiger partial charge in [0.05, 0.1) is 19.8 Å². The van der Waals surface area contributed by atoms with Crippen LogP contribution in [0.1, 0.15) is 10.4 Å². The number of anilines is 1. The predicted octanol–water partition coefficient (Wildman–Crippen LogP) is 2.06. The van der Waals surface area contributed by atoms with E-state index in [4.69, 9.17) is 9.47 Å². The molecule has 0 aliphatic carbocycles. The number of amides is 1. The molecule has 0 unspecified atom stereocenters. The van der Waals surface area contributed by atoms with Crippen LogP contribution in [0.15, 0.2) is 42.6 Å². The third-order valence-electron chi connectivity index (χ3n) is 4.18. The fraction of sp³-hybridized carbons (Fsp3) is 0.333. The monoisotopic (exact) mass is 327 g/mol. The van der Waals surface area contributed by atoms with E-state index in [2.05, 4.69) is 9.88 Å². The fourth-order valence-electron chi connectivity index (χ4n) is 2.83. The Morgan fingerprint density at radius 2 is 1.83 bits per heavy atom. The molecule has 6 heteroatoms. The molecule has 1 aliphatic heterocycles. The first-order chi connectivity index (χ1) is 11.7. The second-order valence-electron chi connectivity index (χ2n) is 5.53. The molecular formula is C18H21N3O3. The Kier molecular flexibility index (Phi) is 4.84. The van der Waals surface area contributed by atoms with E-state index in [1.165, 1.54) is 0 Å². The van der Waals surface area contributed by atoms with Crippen molar-refractivity contribution >= 4 is 11.7 Å². The van der Waals surface area contributed by atoms with E-state index in [0.29, 0.717) is 30.2 Å².